The first-order chi connectivity index (χ1) is 8.77. The maximum atomic E-state index is 12.4. The zero-order valence-electron chi connectivity index (χ0n) is 10.3. The number of hydrogen-bond donors (Lipinski definition) is 0. The Morgan fingerprint density at radius 3 is 3.17 bits per heavy atom. The zero-order valence-corrected chi connectivity index (χ0v) is 10.3. The van der Waals surface area contributed by atoms with Crippen LogP contribution >= 0.6 is 0 Å². The molecule has 94 valence electrons. The SMILES string of the molecule is COc1cnccc1C(=O)N1CCCCC1C#N. The molecular formula is C13H15N3O2. The predicted molar refractivity (Wildman–Crippen MR) is 65.1 cm³/mol. The van der Waals surface area contributed by atoms with Gasteiger partial charge in [0.15, 0.2) is 0 Å². The minimum absolute atomic E-state index is 0.152. The van der Waals surface area contributed by atoms with Gasteiger partial charge in [-0.15, -0.1) is 0 Å². The van der Waals surface area contributed by atoms with Crippen molar-refractivity contribution in [3.8, 4) is 11.8 Å². The molecule has 0 N–H and O–H groups in total. The minimum atomic E-state index is -0.330. The molecule has 1 unspecified atom stereocenters. The Balaban J connectivity index is 2.27. The average molecular weight is 245 g/mol. The maximum absolute atomic E-state index is 12.4. The van der Waals surface area contributed by atoms with E-state index in [0.717, 1.165) is 19.3 Å². The van der Waals surface area contributed by atoms with Crippen LogP contribution < -0.4 is 4.74 Å². The normalized spacial score (nSPS) is 19.1. The topological polar surface area (TPSA) is 66.2 Å². The Bertz CT molecular complexity index is 481. The van der Waals surface area contributed by atoms with E-state index in [9.17, 15) is 4.79 Å². The second-order valence-corrected chi connectivity index (χ2v) is 4.22. The number of nitriles is 1. The summed E-state index contributed by atoms with van der Waals surface area (Å²) in [6.07, 6.45) is 5.75. The van der Waals surface area contributed by atoms with Crippen molar-refractivity contribution in [3.05, 3.63) is 24.0 Å². The van der Waals surface area contributed by atoms with E-state index in [4.69, 9.17) is 10.00 Å². The van der Waals surface area contributed by atoms with Crippen LogP contribution in [0.1, 0.15) is 29.6 Å². The fourth-order valence-corrected chi connectivity index (χ4v) is 2.18. The van der Waals surface area contributed by atoms with E-state index >= 15 is 0 Å². The number of carbonyl (C=O) groups is 1. The van der Waals surface area contributed by atoms with Crippen LogP contribution in [0.2, 0.25) is 0 Å². The molecular weight excluding hydrogens is 230 g/mol. The van der Waals surface area contributed by atoms with Crippen LogP contribution in [0.3, 0.4) is 0 Å². The molecule has 2 heterocycles. The van der Waals surface area contributed by atoms with Crippen molar-refractivity contribution in [1.82, 2.24) is 9.88 Å². The third kappa shape index (κ3) is 2.28. The van der Waals surface area contributed by atoms with Crippen molar-refractivity contribution >= 4 is 5.91 Å². The van der Waals surface area contributed by atoms with Gasteiger partial charge in [0, 0.05) is 12.7 Å². The molecule has 1 aliphatic heterocycles. The van der Waals surface area contributed by atoms with Crippen molar-refractivity contribution in [1.29, 1.82) is 5.26 Å². The molecule has 0 saturated carbocycles. The van der Waals surface area contributed by atoms with Crippen molar-refractivity contribution in [3.63, 3.8) is 0 Å². The minimum Gasteiger partial charge on any atom is -0.494 e. The van der Waals surface area contributed by atoms with Crippen LogP contribution in [0, 0.1) is 11.3 Å². The molecule has 1 aliphatic rings. The molecule has 5 nitrogen and oxygen atoms in total. The number of methoxy groups -OCH3 is 1. The highest BCUT2D eigenvalue weighted by Gasteiger charge is 2.28. The number of piperidine rings is 1. The molecule has 0 spiro atoms. The predicted octanol–water partition coefficient (Wildman–Crippen LogP) is 1.61. The number of rotatable bonds is 2. The molecule has 1 aromatic rings. The average Bonchev–Trinajstić information content (AvgIpc) is 2.46. The summed E-state index contributed by atoms with van der Waals surface area (Å²) in [5.74, 6) is 0.297. The lowest BCUT2D eigenvalue weighted by Crippen LogP contribution is -2.43. The van der Waals surface area contributed by atoms with Crippen LogP contribution in [0.15, 0.2) is 18.5 Å². The van der Waals surface area contributed by atoms with Crippen LogP contribution in [-0.2, 0) is 0 Å². The van der Waals surface area contributed by atoms with Crippen molar-refractivity contribution in [2.75, 3.05) is 13.7 Å². The summed E-state index contributed by atoms with van der Waals surface area (Å²) in [6, 6.07) is 3.49. The molecule has 2 rings (SSSR count). The van der Waals surface area contributed by atoms with Gasteiger partial charge < -0.3 is 9.64 Å². The van der Waals surface area contributed by atoms with Crippen LogP contribution in [0.5, 0.6) is 5.75 Å². The van der Waals surface area contributed by atoms with Crippen LogP contribution in [0.4, 0.5) is 0 Å². The van der Waals surface area contributed by atoms with Gasteiger partial charge in [0.1, 0.15) is 11.8 Å². The molecule has 1 fully saturated rings. The molecule has 1 atom stereocenters. The largest absolute Gasteiger partial charge is 0.494 e. The van der Waals surface area contributed by atoms with Crippen molar-refractivity contribution in [2.45, 2.75) is 25.3 Å². The molecule has 5 heteroatoms. The molecule has 1 saturated heterocycles. The van der Waals surface area contributed by atoms with Gasteiger partial charge in [-0.05, 0) is 25.3 Å². The van der Waals surface area contributed by atoms with E-state index in [0.29, 0.717) is 17.9 Å². The number of ether oxygens (including phenoxy) is 1. The molecule has 0 aromatic carbocycles. The fraction of sp³-hybridized carbons (Fsp3) is 0.462. The second kappa shape index (κ2) is 5.50. The molecule has 0 radical (unpaired) electrons. The van der Waals surface area contributed by atoms with Gasteiger partial charge in [0.25, 0.3) is 5.91 Å². The maximum Gasteiger partial charge on any atom is 0.258 e. The van der Waals surface area contributed by atoms with Crippen LogP contribution in [-0.4, -0.2) is 35.5 Å². The summed E-state index contributed by atoms with van der Waals surface area (Å²) in [5.41, 5.74) is 0.467. The molecule has 1 aromatic heterocycles. The van der Waals surface area contributed by atoms with E-state index in [1.807, 2.05) is 0 Å². The first-order valence-electron chi connectivity index (χ1n) is 5.96. The Morgan fingerprint density at radius 1 is 1.61 bits per heavy atom. The number of carbonyl (C=O) groups excluding carboxylic acids is 1. The molecule has 0 bridgehead atoms. The highest BCUT2D eigenvalue weighted by Crippen LogP contribution is 2.23. The van der Waals surface area contributed by atoms with E-state index in [2.05, 4.69) is 11.1 Å². The third-order valence-corrected chi connectivity index (χ3v) is 3.15. The lowest BCUT2D eigenvalue weighted by Gasteiger charge is -2.31. The van der Waals surface area contributed by atoms with Gasteiger partial charge in [0.05, 0.1) is 24.9 Å². The number of amides is 1. The summed E-state index contributed by atoms with van der Waals surface area (Å²) in [7, 11) is 1.51. The van der Waals surface area contributed by atoms with Gasteiger partial charge in [-0.1, -0.05) is 0 Å². The number of pyridine rings is 1. The number of likely N-dealkylation sites (tertiary alicyclic amines) is 1. The summed E-state index contributed by atoms with van der Waals surface area (Å²) in [5, 5.41) is 9.10. The number of nitrogens with zero attached hydrogens (tertiary/aromatic N) is 3. The van der Waals surface area contributed by atoms with Gasteiger partial charge in [-0.25, -0.2) is 0 Å². The Hall–Kier alpha value is -2.09. The fourth-order valence-electron chi connectivity index (χ4n) is 2.18. The quantitative estimate of drug-likeness (QED) is 0.794. The Kier molecular flexibility index (Phi) is 3.78. The zero-order chi connectivity index (χ0) is 13.0. The molecule has 0 aliphatic carbocycles. The summed E-state index contributed by atoms with van der Waals surface area (Å²) in [6.45, 7) is 0.628. The first-order valence-corrected chi connectivity index (χ1v) is 5.96. The summed E-state index contributed by atoms with van der Waals surface area (Å²) >= 11 is 0. The number of hydrogen-bond acceptors (Lipinski definition) is 4. The lowest BCUT2D eigenvalue weighted by molar-refractivity contribution is 0.0667. The third-order valence-electron chi connectivity index (χ3n) is 3.15. The Labute approximate surface area is 106 Å². The monoisotopic (exact) mass is 245 g/mol. The summed E-state index contributed by atoms with van der Waals surface area (Å²) < 4.78 is 5.13. The first kappa shape index (κ1) is 12.4. The van der Waals surface area contributed by atoms with E-state index in [1.165, 1.54) is 13.3 Å². The smallest absolute Gasteiger partial charge is 0.258 e. The van der Waals surface area contributed by atoms with Crippen molar-refractivity contribution < 1.29 is 9.53 Å². The van der Waals surface area contributed by atoms with Crippen molar-refractivity contribution in [2.24, 2.45) is 0 Å². The summed E-state index contributed by atoms with van der Waals surface area (Å²) in [4.78, 5) is 18.0. The molecule has 18 heavy (non-hydrogen) atoms. The second-order valence-electron chi connectivity index (χ2n) is 4.22. The van der Waals surface area contributed by atoms with E-state index in [1.54, 1.807) is 17.2 Å². The Morgan fingerprint density at radius 2 is 2.44 bits per heavy atom. The van der Waals surface area contributed by atoms with Crippen LogP contribution in [0.25, 0.3) is 0 Å². The molecule has 1 amide bonds. The van der Waals surface area contributed by atoms with Gasteiger partial charge in [-0.3, -0.25) is 9.78 Å². The number of aromatic nitrogens is 1. The standard InChI is InChI=1S/C13H15N3O2/c1-18-12-9-15-6-5-11(12)13(17)16-7-3-2-4-10(16)8-14/h5-6,9-10H,2-4,7H2,1H3. The van der Waals surface area contributed by atoms with E-state index < -0.39 is 0 Å². The lowest BCUT2D eigenvalue weighted by atomic mass is 10.0. The van der Waals surface area contributed by atoms with Gasteiger partial charge in [0.2, 0.25) is 0 Å². The highest BCUT2D eigenvalue weighted by molar-refractivity contribution is 5.97. The van der Waals surface area contributed by atoms with Gasteiger partial charge in [-0.2, -0.15) is 5.26 Å². The van der Waals surface area contributed by atoms with Gasteiger partial charge >= 0.3 is 0 Å². The van der Waals surface area contributed by atoms with E-state index in [-0.39, 0.29) is 11.9 Å². The highest BCUT2D eigenvalue weighted by atomic mass is 16.5.